The molecule has 174 valence electrons. The number of nitrogens with two attached hydrogens (primary N) is 1. The number of imidazole rings is 1. The van der Waals surface area contributed by atoms with Gasteiger partial charge in [0.15, 0.2) is 11.5 Å². The van der Waals surface area contributed by atoms with Crippen molar-refractivity contribution in [3.05, 3.63) is 76.6 Å². The van der Waals surface area contributed by atoms with Crippen LogP contribution in [0.15, 0.2) is 65.9 Å². The maximum Gasteiger partial charge on any atom is 0.339 e. The summed E-state index contributed by atoms with van der Waals surface area (Å²) in [6, 6.07) is 10.2. The second-order valence-electron chi connectivity index (χ2n) is 7.80. The molecule has 0 unspecified atom stereocenters. The van der Waals surface area contributed by atoms with Crippen molar-refractivity contribution in [3.8, 4) is 11.4 Å². The summed E-state index contributed by atoms with van der Waals surface area (Å²) < 4.78 is 2.83. The molecule has 2 N–H and O–H groups in total. The molecular weight excluding hydrogens is 456 g/mol. The number of fused-ring (bicyclic) bond motifs is 1. The summed E-state index contributed by atoms with van der Waals surface area (Å²) in [7, 11) is 5.48. The van der Waals surface area contributed by atoms with Crippen LogP contribution < -0.4 is 16.3 Å². The predicted molar refractivity (Wildman–Crippen MR) is 133 cm³/mol. The van der Waals surface area contributed by atoms with Gasteiger partial charge in [0.25, 0.3) is 5.91 Å². The Morgan fingerprint density at radius 1 is 1.03 bits per heavy atom. The molecule has 0 saturated carbocycles. The van der Waals surface area contributed by atoms with Crippen molar-refractivity contribution in [2.75, 3.05) is 38.3 Å². The normalized spacial score (nSPS) is 11.6. The molecule has 4 aromatic rings. The van der Waals surface area contributed by atoms with Crippen LogP contribution in [0.25, 0.3) is 22.5 Å². The lowest BCUT2D eigenvalue weighted by molar-refractivity contribution is -0.113. The molecule has 0 spiro atoms. The lowest BCUT2D eigenvalue weighted by atomic mass is 10.3. The average Bonchev–Trinajstić information content (AvgIpc) is 3.12. The van der Waals surface area contributed by atoms with Gasteiger partial charge in [-0.1, -0.05) is 17.7 Å². The van der Waals surface area contributed by atoms with Gasteiger partial charge < -0.3 is 10.6 Å². The van der Waals surface area contributed by atoms with Crippen molar-refractivity contribution in [2.24, 2.45) is 0 Å². The van der Waals surface area contributed by atoms with Crippen LogP contribution in [0.4, 0.5) is 11.6 Å². The quantitative estimate of drug-likeness (QED) is 0.423. The highest BCUT2D eigenvalue weighted by Crippen LogP contribution is 2.24. The Balaban J connectivity index is 1.75. The fourth-order valence-corrected chi connectivity index (χ4v) is 3.53. The third kappa shape index (κ3) is 4.41. The number of anilines is 2. The third-order valence-corrected chi connectivity index (χ3v) is 5.38. The lowest BCUT2D eigenvalue weighted by Gasteiger charge is -2.14. The number of aromatic nitrogens is 5. The zero-order valence-electron chi connectivity index (χ0n) is 18.9. The van der Waals surface area contributed by atoms with Crippen molar-refractivity contribution in [3.63, 3.8) is 0 Å². The van der Waals surface area contributed by atoms with E-state index in [4.69, 9.17) is 17.3 Å². The van der Waals surface area contributed by atoms with E-state index >= 15 is 0 Å². The number of nitrogen functional groups attached to an aromatic ring is 1. The van der Waals surface area contributed by atoms with Crippen LogP contribution in [0, 0.1) is 0 Å². The van der Waals surface area contributed by atoms with E-state index in [0.29, 0.717) is 39.9 Å². The highest BCUT2D eigenvalue weighted by molar-refractivity contribution is 6.30. The number of likely N-dealkylation sites (N-methyl/N-ethyl adjacent to an activating group) is 2. The highest BCUT2D eigenvalue weighted by Gasteiger charge is 2.20. The minimum Gasteiger partial charge on any atom is -0.382 e. The molecule has 0 bridgehead atoms. The minimum absolute atomic E-state index is 0.162. The Labute approximate surface area is 200 Å². The van der Waals surface area contributed by atoms with Crippen LogP contribution >= 0.6 is 11.6 Å². The van der Waals surface area contributed by atoms with Crippen molar-refractivity contribution >= 4 is 40.3 Å². The molecule has 1 amide bonds. The molecule has 0 aliphatic carbocycles. The van der Waals surface area contributed by atoms with Gasteiger partial charge in [-0.2, -0.15) is 0 Å². The maximum absolute atomic E-state index is 13.5. The largest absolute Gasteiger partial charge is 0.382 e. The first-order valence-corrected chi connectivity index (χ1v) is 10.7. The van der Waals surface area contributed by atoms with Crippen molar-refractivity contribution in [1.82, 2.24) is 29.0 Å². The Bertz CT molecular complexity index is 1420. The molecule has 0 fully saturated rings. The van der Waals surface area contributed by atoms with Crippen LogP contribution in [0.2, 0.25) is 5.02 Å². The summed E-state index contributed by atoms with van der Waals surface area (Å²) in [6.45, 7) is 0.650. The topological polar surface area (TPSA) is 115 Å². The van der Waals surface area contributed by atoms with Gasteiger partial charge in [0.1, 0.15) is 17.7 Å². The number of hydrogen-bond donors (Lipinski definition) is 1. The SMILES string of the molecule is CN(C)C/C=C/C(=O)N(C)c1ccc(-n2c(=O)n(-c3ccc(Cl)cc3)c3c(N)ncnc32)cn1. The van der Waals surface area contributed by atoms with Crippen molar-refractivity contribution < 1.29 is 4.79 Å². The molecule has 3 aromatic heterocycles. The molecule has 3 heterocycles. The number of carbonyl (C=O) groups is 1. The molecule has 10 nitrogen and oxygen atoms in total. The predicted octanol–water partition coefficient (Wildman–Crippen LogP) is 2.28. The van der Waals surface area contributed by atoms with Crippen LogP contribution in [0.3, 0.4) is 0 Å². The van der Waals surface area contributed by atoms with E-state index in [1.54, 1.807) is 49.5 Å². The van der Waals surface area contributed by atoms with Gasteiger partial charge in [0, 0.05) is 24.7 Å². The van der Waals surface area contributed by atoms with E-state index in [2.05, 4.69) is 15.0 Å². The highest BCUT2D eigenvalue weighted by atomic mass is 35.5. The molecule has 0 atom stereocenters. The molecule has 11 heteroatoms. The van der Waals surface area contributed by atoms with E-state index < -0.39 is 5.69 Å². The third-order valence-electron chi connectivity index (χ3n) is 5.13. The number of benzene rings is 1. The molecule has 34 heavy (non-hydrogen) atoms. The maximum atomic E-state index is 13.5. The first-order valence-electron chi connectivity index (χ1n) is 10.3. The molecule has 4 rings (SSSR count). The Kier molecular flexibility index (Phi) is 6.44. The van der Waals surface area contributed by atoms with Gasteiger partial charge in [-0.05, 0) is 50.5 Å². The molecule has 0 aliphatic heterocycles. The first kappa shape index (κ1) is 23.1. The van der Waals surface area contributed by atoms with E-state index in [1.165, 1.54) is 32.6 Å². The van der Waals surface area contributed by atoms with Gasteiger partial charge in [-0.15, -0.1) is 0 Å². The number of nitrogens with zero attached hydrogens (tertiary/aromatic N) is 7. The summed E-state index contributed by atoms with van der Waals surface area (Å²) in [5.41, 5.74) is 7.47. The van der Waals surface area contributed by atoms with Crippen LogP contribution in [-0.2, 0) is 4.79 Å². The number of amides is 1. The van der Waals surface area contributed by atoms with E-state index in [0.717, 1.165) is 0 Å². The van der Waals surface area contributed by atoms with Crippen LogP contribution in [-0.4, -0.2) is 62.6 Å². The van der Waals surface area contributed by atoms with Gasteiger partial charge in [0.2, 0.25) is 0 Å². The van der Waals surface area contributed by atoms with Crippen LogP contribution in [0.5, 0.6) is 0 Å². The van der Waals surface area contributed by atoms with Gasteiger partial charge in [-0.25, -0.2) is 24.3 Å². The van der Waals surface area contributed by atoms with Gasteiger partial charge in [-0.3, -0.25) is 14.3 Å². The second kappa shape index (κ2) is 9.46. The molecule has 0 saturated heterocycles. The van der Waals surface area contributed by atoms with Crippen molar-refractivity contribution in [2.45, 2.75) is 0 Å². The Hall–Kier alpha value is -4.02. The van der Waals surface area contributed by atoms with Gasteiger partial charge >= 0.3 is 5.69 Å². The lowest BCUT2D eigenvalue weighted by Crippen LogP contribution is -2.26. The molecular formula is C23H23ClN8O2. The number of rotatable bonds is 6. The van der Waals surface area contributed by atoms with Gasteiger partial charge in [0.05, 0.1) is 17.6 Å². The number of pyridine rings is 1. The summed E-state index contributed by atoms with van der Waals surface area (Å²) >= 11 is 6.01. The van der Waals surface area contributed by atoms with Crippen LogP contribution in [0.1, 0.15) is 0 Å². The summed E-state index contributed by atoms with van der Waals surface area (Å²) in [4.78, 5) is 42.0. The average molecular weight is 479 g/mol. The fraction of sp³-hybridized carbons (Fsp3) is 0.174. The standard InChI is InChI=1S/C23H23ClN8O2/c1-29(2)12-4-5-19(33)30(3)18-11-10-17(13-26-18)32-22-20(21(25)27-14-28-22)31(23(32)34)16-8-6-15(24)7-9-16/h4-11,13-14H,12H2,1-3H3,(H2,25,27,28)/b5-4+. The summed E-state index contributed by atoms with van der Waals surface area (Å²) in [6.07, 6.45) is 6.09. The first-order chi connectivity index (χ1) is 16.3. The van der Waals surface area contributed by atoms with E-state index in [1.807, 2.05) is 19.0 Å². The van der Waals surface area contributed by atoms with E-state index in [-0.39, 0.29) is 11.7 Å². The minimum atomic E-state index is -0.393. The van der Waals surface area contributed by atoms with Crippen molar-refractivity contribution in [1.29, 1.82) is 0 Å². The smallest absolute Gasteiger partial charge is 0.339 e. The molecule has 0 radical (unpaired) electrons. The fourth-order valence-electron chi connectivity index (χ4n) is 3.41. The second-order valence-corrected chi connectivity index (χ2v) is 8.23. The summed E-state index contributed by atoms with van der Waals surface area (Å²) in [5.74, 6) is 0.390. The Morgan fingerprint density at radius 3 is 2.38 bits per heavy atom. The number of carbonyl (C=O) groups excluding carboxylic acids is 1. The number of halogens is 1. The monoisotopic (exact) mass is 478 g/mol. The van der Waals surface area contributed by atoms with E-state index in [9.17, 15) is 9.59 Å². The zero-order valence-corrected chi connectivity index (χ0v) is 19.6. The summed E-state index contributed by atoms with van der Waals surface area (Å²) in [5, 5.41) is 0.541. The molecule has 0 aliphatic rings. The zero-order chi connectivity index (χ0) is 24.4. The molecule has 1 aromatic carbocycles. The Morgan fingerprint density at radius 2 is 1.74 bits per heavy atom. The number of hydrogen-bond acceptors (Lipinski definition) is 7.